The molecule has 156 valence electrons. The first-order chi connectivity index (χ1) is 15.5. The van der Waals surface area contributed by atoms with Crippen LogP contribution in [-0.4, -0.2) is 22.3 Å². The molecule has 10 nitrogen and oxygen atoms in total. The number of nitrogens with zero attached hydrogens (tertiary/aromatic N) is 4. The molecule has 4 rings (SSSR count). The number of aromatic hydroxyl groups is 1. The largest absolute Gasteiger partial charge is 0.507 e. The Morgan fingerprint density at radius 1 is 1.12 bits per heavy atom. The van der Waals surface area contributed by atoms with Gasteiger partial charge in [0.05, 0.1) is 11.3 Å². The minimum absolute atomic E-state index is 0.0258. The first-order valence-electron chi connectivity index (χ1n) is 9.34. The Kier molecular flexibility index (Phi) is 5.03. The molecule has 32 heavy (non-hydrogen) atoms. The van der Waals surface area contributed by atoms with Gasteiger partial charge in [-0.15, -0.1) is 0 Å². The number of hydrogen-bond acceptors (Lipinski definition) is 10. The van der Waals surface area contributed by atoms with E-state index in [0.717, 1.165) is 16.7 Å². The quantitative estimate of drug-likeness (QED) is 0.239. The number of carbonyl (C=O) groups is 1. The molecule has 0 amide bonds. The number of rotatable bonds is 3. The van der Waals surface area contributed by atoms with E-state index in [2.05, 4.69) is 20.6 Å². The van der Waals surface area contributed by atoms with Gasteiger partial charge >= 0.3 is 0 Å². The number of nitrogens with one attached hydrogen (secondary N) is 2. The van der Waals surface area contributed by atoms with Crippen molar-refractivity contribution in [3.8, 4) is 29.1 Å². The third-order valence-electron chi connectivity index (χ3n) is 5.07. The molecule has 2 heterocycles. The lowest BCUT2D eigenvalue weighted by molar-refractivity contribution is 0.112. The molecule has 1 aliphatic heterocycles. The summed E-state index contributed by atoms with van der Waals surface area (Å²) in [6.45, 7) is 0. The van der Waals surface area contributed by atoms with Gasteiger partial charge in [-0.1, -0.05) is 30.3 Å². The second-order valence-electron chi connectivity index (χ2n) is 6.92. The molecular weight excluding hydrogens is 408 g/mol. The van der Waals surface area contributed by atoms with Crippen LogP contribution in [0, 0.1) is 22.8 Å². The highest BCUT2D eigenvalue weighted by Crippen LogP contribution is 2.40. The first kappa shape index (κ1) is 20.2. The van der Waals surface area contributed by atoms with Gasteiger partial charge in [0.25, 0.3) is 0 Å². The third-order valence-corrected chi connectivity index (χ3v) is 5.07. The number of anilines is 3. The fourth-order valence-electron chi connectivity index (χ4n) is 3.50. The highest BCUT2D eigenvalue weighted by atomic mass is 16.3. The predicted molar refractivity (Wildman–Crippen MR) is 118 cm³/mol. The van der Waals surface area contributed by atoms with Crippen LogP contribution >= 0.6 is 0 Å². The van der Waals surface area contributed by atoms with Gasteiger partial charge in [-0.3, -0.25) is 10.1 Å². The molecule has 1 unspecified atom stereocenters. The number of nitrogen functional groups attached to an aromatic ring is 2. The number of guanidine groups is 1. The highest BCUT2D eigenvalue weighted by Gasteiger charge is 2.29. The van der Waals surface area contributed by atoms with E-state index < -0.39 is 6.04 Å². The fraction of sp³-hybridized carbons (Fsp3) is 0.0455. The first-order valence-corrected chi connectivity index (χ1v) is 9.34. The maximum absolute atomic E-state index is 10.9. The van der Waals surface area contributed by atoms with Gasteiger partial charge in [0.15, 0.2) is 12.5 Å². The van der Waals surface area contributed by atoms with E-state index in [9.17, 15) is 15.2 Å². The molecule has 1 aliphatic rings. The number of phenols is 1. The maximum Gasteiger partial charge on any atom is 0.211 e. The summed E-state index contributed by atoms with van der Waals surface area (Å²) in [5, 5.41) is 33.7. The van der Waals surface area contributed by atoms with Crippen LogP contribution in [0.2, 0.25) is 0 Å². The van der Waals surface area contributed by atoms with Gasteiger partial charge in [-0.2, -0.15) is 10.5 Å². The number of nitriles is 2. The number of aromatic nitrogens is 1. The van der Waals surface area contributed by atoms with Gasteiger partial charge in [-0.25, -0.2) is 9.98 Å². The summed E-state index contributed by atoms with van der Waals surface area (Å²) in [6, 6.07) is 13.4. The van der Waals surface area contributed by atoms with Gasteiger partial charge in [0, 0.05) is 5.56 Å². The van der Waals surface area contributed by atoms with Crippen LogP contribution in [-0.2, 0) is 0 Å². The zero-order valence-corrected chi connectivity index (χ0v) is 16.5. The Bertz CT molecular complexity index is 1350. The summed E-state index contributed by atoms with van der Waals surface area (Å²) in [6.07, 6.45) is 2.39. The Morgan fingerprint density at radius 2 is 1.84 bits per heavy atom. The SMILES string of the molecule is N#CNC1=NC(c2ccc(-c3ccc(C=O)c(O)c3)cc2)c2c(nc(N)c(C#N)c2N)N1. The molecule has 0 radical (unpaired) electrons. The van der Waals surface area contributed by atoms with Crippen LogP contribution < -0.4 is 22.1 Å². The molecule has 7 N–H and O–H groups in total. The predicted octanol–water partition coefficient (Wildman–Crippen LogP) is 2.24. The van der Waals surface area contributed by atoms with Gasteiger partial charge in [0.1, 0.15) is 35.1 Å². The number of aliphatic imine (C=N–C) groups is 1. The zero-order chi connectivity index (χ0) is 22.8. The fourth-order valence-corrected chi connectivity index (χ4v) is 3.50. The Hall–Kier alpha value is -5.09. The summed E-state index contributed by atoms with van der Waals surface area (Å²) in [5.41, 5.74) is 15.2. The molecular formula is C22H16N8O2. The summed E-state index contributed by atoms with van der Waals surface area (Å²) in [7, 11) is 0. The average molecular weight is 424 g/mol. The summed E-state index contributed by atoms with van der Waals surface area (Å²) in [4.78, 5) is 19.7. The van der Waals surface area contributed by atoms with E-state index in [4.69, 9.17) is 16.7 Å². The van der Waals surface area contributed by atoms with Crippen molar-refractivity contribution in [1.29, 1.82) is 10.5 Å². The summed E-state index contributed by atoms with van der Waals surface area (Å²) in [5.74, 6) is 0.336. The number of phenolic OH excluding ortho intramolecular Hbond substituents is 1. The van der Waals surface area contributed by atoms with Crippen molar-refractivity contribution >= 4 is 29.6 Å². The van der Waals surface area contributed by atoms with E-state index in [0.29, 0.717) is 17.7 Å². The van der Waals surface area contributed by atoms with Crippen LogP contribution in [0.1, 0.15) is 33.1 Å². The lowest BCUT2D eigenvalue weighted by atomic mass is 9.93. The molecule has 0 bridgehead atoms. The summed E-state index contributed by atoms with van der Waals surface area (Å²) < 4.78 is 0. The van der Waals surface area contributed by atoms with Crippen molar-refractivity contribution < 1.29 is 9.90 Å². The van der Waals surface area contributed by atoms with Crippen molar-refractivity contribution in [3.05, 3.63) is 64.7 Å². The molecule has 0 aliphatic carbocycles. The lowest BCUT2D eigenvalue weighted by Gasteiger charge is -2.26. The van der Waals surface area contributed by atoms with Crippen LogP contribution in [0.4, 0.5) is 17.3 Å². The van der Waals surface area contributed by atoms with Crippen molar-refractivity contribution in [2.75, 3.05) is 16.8 Å². The van der Waals surface area contributed by atoms with Crippen LogP contribution in [0.5, 0.6) is 5.75 Å². The normalized spacial score (nSPS) is 14.2. The van der Waals surface area contributed by atoms with E-state index in [1.165, 1.54) is 6.07 Å². The number of nitrogens with two attached hydrogens (primary N) is 2. The molecule has 1 atom stereocenters. The number of pyridine rings is 1. The second-order valence-corrected chi connectivity index (χ2v) is 6.92. The maximum atomic E-state index is 10.9. The second kappa shape index (κ2) is 7.97. The van der Waals surface area contributed by atoms with Gasteiger partial charge in [0.2, 0.25) is 5.96 Å². The van der Waals surface area contributed by atoms with Crippen LogP contribution in [0.15, 0.2) is 47.5 Å². The third kappa shape index (κ3) is 3.38. The number of carbonyl (C=O) groups excluding carboxylic acids is 1. The van der Waals surface area contributed by atoms with Crippen LogP contribution in [0.25, 0.3) is 11.1 Å². The number of benzene rings is 2. The summed E-state index contributed by atoms with van der Waals surface area (Å²) >= 11 is 0. The average Bonchev–Trinajstić information content (AvgIpc) is 2.79. The smallest absolute Gasteiger partial charge is 0.211 e. The van der Waals surface area contributed by atoms with Crippen molar-refractivity contribution in [2.24, 2.45) is 4.99 Å². The zero-order valence-electron chi connectivity index (χ0n) is 16.5. The Balaban J connectivity index is 1.79. The molecule has 1 aromatic heterocycles. The van der Waals surface area contributed by atoms with Crippen molar-refractivity contribution in [1.82, 2.24) is 10.3 Å². The minimum atomic E-state index is -0.651. The number of aldehydes is 1. The lowest BCUT2D eigenvalue weighted by Crippen LogP contribution is -2.32. The molecule has 0 saturated heterocycles. The Labute approximate surface area is 182 Å². The molecule has 2 aromatic carbocycles. The Morgan fingerprint density at radius 3 is 2.47 bits per heavy atom. The molecule has 0 spiro atoms. The highest BCUT2D eigenvalue weighted by molar-refractivity contribution is 5.98. The van der Waals surface area contributed by atoms with E-state index in [1.807, 2.05) is 30.3 Å². The van der Waals surface area contributed by atoms with Crippen LogP contribution in [0.3, 0.4) is 0 Å². The minimum Gasteiger partial charge on any atom is -0.507 e. The van der Waals surface area contributed by atoms with E-state index in [-0.39, 0.29) is 34.3 Å². The monoisotopic (exact) mass is 424 g/mol. The van der Waals surface area contributed by atoms with E-state index >= 15 is 0 Å². The molecule has 10 heteroatoms. The molecule has 0 fully saturated rings. The van der Waals surface area contributed by atoms with Crippen molar-refractivity contribution in [3.63, 3.8) is 0 Å². The standard InChI is InChI=1S/C22H16N8O2/c23-8-15-18(25)17-19(28-22(27-10-24)30-21(17)29-20(15)26)12-3-1-11(2-4-12)13-5-6-14(9-31)16(32)7-13/h1-7,9,19,32H,(H6,25,26,27,28,29,30). The molecule has 0 saturated carbocycles. The van der Waals surface area contributed by atoms with Gasteiger partial charge in [-0.05, 0) is 28.8 Å². The van der Waals surface area contributed by atoms with E-state index in [1.54, 1.807) is 18.3 Å². The molecule has 3 aromatic rings. The van der Waals surface area contributed by atoms with Gasteiger partial charge < -0.3 is 21.9 Å². The number of fused-ring (bicyclic) bond motifs is 1. The topological polar surface area (TPSA) is 186 Å². The van der Waals surface area contributed by atoms with Crippen molar-refractivity contribution in [2.45, 2.75) is 6.04 Å². The number of hydrogen-bond donors (Lipinski definition) is 5.